The molecule has 1 aliphatic rings. The lowest BCUT2D eigenvalue weighted by Gasteiger charge is -2.37. The van der Waals surface area contributed by atoms with Crippen molar-refractivity contribution < 1.29 is 9.90 Å². The molecule has 130 valence electrons. The van der Waals surface area contributed by atoms with Crippen molar-refractivity contribution in [3.05, 3.63) is 77.3 Å². The highest BCUT2D eigenvalue weighted by Crippen LogP contribution is 2.41. The summed E-state index contributed by atoms with van der Waals surface area (Å²) < 4.78 is 0. The van der Waals surface area contributed by atoms with E-state index in [-0.39, 0.29) is 11.5 Å². The molecule has 2 N–H and O–H groups in total. The molecule has 1 saturated carbocycles. The van der Waals surface area contributed by atoms with Crippen LogP contribution in [0.3, 0.4) is 0 Å². The lowest BCUT2D eigenvalue weighted by Crippen LogP contribution is -2.39. The van der Waals surface area contributed by atoms with E-state index in [2.05, 4.69) is 24.0 Å². The number of carbonyl (C=O) groups is 1. The minimum absolute atomic E-state index is 0.231. The van der Waals surface area contributed by atoms with Crippen molar-refractivity contribution >= 4 is 23.2 Å². The van der Waals surface area contributed by atoms with Crippen LogP contribution in [0.4, 0.5) is 5.69 Å². The standard InChI is InChI=1S/C21H22ClNO2/c1-15(20(24)23-19-9-7-18(22)8-10-19)21(25)13-11-17(12-14-21)16-5-3-2-4-6-16/h2-10,17,25H,1,11-14H2,(H,23,24). The Morgan fingerprint density at radius 3 is 2.28 bits per heavy atom. The predicted molar refractivity (Wildman–Crippen MR) is 102 cm³/mol. The minimum atomic E-state index is -1.14. The van der Waals surface area contributed by atoms with Gasteiger partial charge in [0.1, 0.15) is 0 Å². The molecule has 0 unspecified atom stereocenters. The molecule has 2 aromatic rings. The molecular formula is C21H22ClNO2. The lowest BCUT2D eigenvalue weighted by atomic mass is 9.73. The van der Waals surface area contributed by atoms with E-state index in [4.69, 9.17) is 11.6 Å². The van der Waals surface area contributed by atoms with Crippen molar-refractivity contribution in [1.82, 2.24) is 0 Å². The molecule has 0 bridgehead atoms. The molecule has 0 saturated heterocycles. The van der Waals surface area contributed by atoms with E-state index >= 15 is 0 Å². The normalized spacial score (nSPS) is 23.0. The summed E-state index contributed by atoms with van der Waals surface area (Å²) in [4.78, 5) is 12.4. The summed E-state index contributed by atoms with van der Waals surface area (Å²) in [5, 5.41) is 14.3. The first-order chi connectivity index (χ1) is 12.0. The van der Waals surface area contributed by atoms with E-state index in [0.717, 1.165) is 12.8 Å². The summed E-state index contributed by atoms with van der Waals surface area (Å²) in [5.41, 5.74) is 1.02. The maximum absolute atomic E-state index is 12.4. The highest BCUT2D eigenvalue weighted by molar-refractivity contribution is 6.30. The van der Waals surface area contributed by atoms with Crippen molar-refractivity contribution in [2.45, 2.75) is 37.2 Å². The number of aliphatic hydroxyl groups is 1. The third-order valence-corrected chi connectivity index (χ3v) is 5.27. The first kappa shape index (κ1) is 17.7. The third-order valence-electron chi connectivity index (χ3n) is 5.02. The molecule has 2 aromatic carbocycles. The van der Waals surface area contributed by atoms with Gasteiger partial charge in [-0.25, -0.2) is 0 Å². The molecule has 0 aromatic heterocycles. The summed E-state index contributed by atoms with van der Waals surface area (Å²) in [6.45, 7) is 3.87. The van der Waals surface area contributed by atoms with Crippen LogP contribution in [-0.4, -0.2) is 16.6 Å². The summed E-state index contributed by atoms with van der Waals surface area (Å²) >= 11 is 5.85. The van der Waals surface area contributed by atoms with Gasteiger partial charge >= 0.3 is 0 Å². The molecule has 3 nitrogen and oxygen atoms in total. The Labute approximate surface area is 153 Å². The fourth-order valence-corrected chi connectivity index (χ4v) is 3.53. The molecule has 0 radical (unpaired) electrons. The molecule has 0 heterocycles. The van der Waals surface area contributed by atoms with Crippen molar-refractivity contribution in [3.63, 3.8) is 0 Å². The van der Waals surface area contributed by atoms with Crippen molar-refractivity contribution in [1.29, 1.82) is 0 Å². The van der Waals surface area contributed by atoms with Gasteiger partial charge in [0, 0.05) is 16.3 Å². The fraction of sp³-hybridized carbons (Fsp3) is 0.286. The number of hydrogen-bond donors (Lipinski definition) is 2. The maximum Gasteiger partial charge on any atom is 0.253 e. The number of carbonyl (C=O) groups excluding carboxylic acids is 1. The summed E-state index contributed by atoms with van der Waals surface area (Å²) in [7, 11) is 0. The molecule has 1 aliphatic carbocycles. The van der Waals surface area contributed by atoms with Gasteiger partial charge in [0.2, 0.25) is 0 Å². The largest absolute Gasteiger partial charge is 0.385 e. The van der Waals surface area contributed by atoms with Crippen LogP contribution in [0.5, 0.6) is 0 Å². The highest BCUT2D eigenvalue weighted by Gasteiger charge is 2.38. The second-order valence-electron chi connectivity index (χ2n) is 6.66. The SMILES string of the molecule is C=C(C(=O)Nc1ccc(Cl)cc1)C1(O)CCC(c2ccccc2)CC1. The second-order valence-corrected chi connectivity index (χ2v) is 7.09. The molecule has 0 atom stereocenters. The van der Waals surface area contributed by atoms with Gasteiger partial charge in [-0.2, -0.15) is 0 Å². The zero-order valence-corrected chi connectivity index (χ0v) is 14.8. The van der Waals surface area contributed by atoms with E-state index in [1.165, 1.54) is 5.56 Å². The summed E-state index contributed by atoms with van der Waals surface area (Å²) in [6, 6.07) is 17.2. The van der Waals surface area contributed by atoms with Gasteiger partial charge in [0.15, 0.2) is 0 Å². The Morgan fingerprint density at radius 1 is 1.08 bits per heavy atom. The predicted octanol–water partition coefficient (Wildman–Crippen LogP) is 4.92. The Hall–Kier alpha value is -2.10. The van der Waals surface area contributed by atoms with Crippen molar-refractivity contribution in [2.24, 2.45) is 0 Å². The van der Waals surface area contributed by atoms with Crippen LogP contribution >= 0.6 is 11.6 Å². The topological polar surface area (TPSA) is 49.3 Å². The van der Waals surface area contributed by atoms with Gasteiger partial charge in [-0.1, -0.05) is 48.5 Å². The number of halogens is 1. The molecule has 0 aliphatic heterocycles. The Kier molecular flexibility index (Phi) is 5.26. The number of amides is 1. The highest BCUT2D eigenvalue weighted by atomic mass is 35.5. The molecule has 3 rings (SSSR count). The van der Waals surface area contributed by atoms with Gasteiger partial charge in [-0.15, -0.1) is 0 Å². The van der Waals surface area contributed by atoms with Gasteiger partial charge in [-0.3, -0.25) is 4.79 Å². The van der Waals surface area contributed by atoms with E-state index in [1.54, 1.807) is 24.3 Å². The van der Waals surface area contributed by atoms with Gasteiger partial charge in [0.25, 0.3) is 5.91 Å². The molecule has 1 fully saturated rings. The molecule has 0 spiro atoms. The molecule has 4 heteroatoms. The molecular weight excluding hydrogens is 334 g/mol. The lowest BCUT2D eigenvalue weighted by molar-refractivity contribution is -0.115. The minimum Gasteiger partial charge on any atom is -0.385 e. The third kappa shape index (κ3) is 4.12. The van der Waals surface area contributed by atoms with Crippen LogP contribution in [0.25, 0.3) is 0 Å². The Morgan fingerprint density at radius 2 is 1.68 bits per heavy atom. The first-order valence-corrected chi connectivity index (χ1v) is 8.89. The fourth-order valence-electron chi connectivity index (χ4n) is 3.41. The number of nitrogens with one attached hydrogen (secondary N) is 1. The molecule has 1 amide bonds. The maximum atomic E-state index is 12.4. The zero-order chi connectivity index (χ0) is 17.9. The second kappa shape index (κ2) is 7.42. The Bertz CT molecular complexity index is 747. The van der Waals surface area contributed by atoms with Crippen molar-refractivity contribution in [2.75, 3.05) is 5.32 Å². The van der Waals surface area contributed by atoms with Crippen LogP contribution in [0, 0.1) is 0 Å². The summed E-state index contributed by atoms with van der Waals surface area (Å²) in [5.74, 6) is 0.0802. The first-order valence-electron chi connectivity index (χ1n) is 8.51. The van der Waals surface area contributed by atoms with Gasteiger partial charge in [0.05, 0.1) is 5.60 Å². The number of hydrogen-bond acceptors (Lipinski definition) is 2. The van der Waals surface area contributed by atoms with Crippen LogP contribution in [0.15, 0.2) is 66.7 Å². The summed E-state index contributed by atoms with van der Waals surface area (Å²) in [6.07, 6.45) is 2.76. The van der Waals surface area contributed by atoms with E-state index < -0.39 is 5.60 Å². The van der Waals surface area contributed by atoms with Gasteiger partial charge < -0.3 is 10.4 Å². The Balaban J connectivity index is 1.62. The molecule has 25 heavy (non-hydrogen) atoms. The van der Waals surface area contributed by atoms with E-state index in [9.17, 15) is 9.90 Å². The van der Waals surface area contributed by atoms with E-state index in [0.29, 0.717) is 29.5 Å². The van der Waals surface area contributed by atoms with Gasteiger partial charge in [-0.05, 0) is 61.4 Å². The number of benzene rings is 2. The average Bonchev–Trinajstić information content (AvgIpc) is 2.64. The van der Waals surface area contributed by atoms with Crippen LogP contribution in [0.2, 0.25) is 5.02 Å². The van der Waals surface area contributed by atoms with Crippen LogP contribution < -0.4 is 5.32 Å². The van der Waals surface area contributed by atoms with E-state index in [1.807, 2.05) is 18.2 Å². The average molecular weight is 356 g/mol. The number of rotatable bonds is 4. The zero-order valence-electron chi connectivity index (χ0n) is 14.0. The number of anilines is 1. The van der Waals surface area contributed by atoms with Crippen molar-refractivity contribution in [3.8, 4) is 0 Å². The monoisotopic (exact) mass is 355 g/mol. The van der Waals surface area contributed by atoms with Crippen LogP contribution in [-0.2, 0) is 4.79 Å². The van der Waals surface area contributed by atoms with Crippen LogP contribution in [0.1, 0.15) is 37.2 Å². The quantitative estimate of drug-likeness (QED) is 0.764. The smallest absolute Gasteiger partial charge is 0.253 e.